The number of benzene rings is 1. The maximum absolute atomic E-state index is 11.2. The molecule has 1 N–H and O–H groups in total. The highest BCUT2D eigenvalue weighted by Gasteiger charge is 2.41. The largest absolute Gasteiger partial charge is 0.494 e. The lowest BCUT2D eigenvalue weighted by atomic mass is 9.96. The normalized spacial score (nSPS) is 17.8. The van der Waals surface area contributed by atoms with Gasteiger partial charge in [0, 0.05) is 30.2 Å². The lowest BCUT2D eigenvalue weighted by molar-refractivity contribution is -0.384. The smallest absolute Gasteiger partial charge is 0.273 e. The fraction of sp³-hybridized carbons (Fsp3) is 0.333. The lowest BCUT2D eigenvalue weighted by Gasteiger charge is -2.28. The van der Waals surface area contributed by atoms with Gasteiger partial charge in [-0.05, 0) is 62.3 Å². The van der Waals surface area contributed by atoms with Crippen LogP contribution < -0.4 is 10.1 Å². The summed E-state index contributed by atoms with van der Waals surface area (Å²) >= 11 is 5.71. The molecule has 2 aromatic heterocycles. The number of nitro benzene ring substituents is 1. The maximum Gasteiger partial charge on any atom is 0.273 e. The van der Waals surface area contributed by atoms with Crippen LogP contribution in [0.5, 0.6) is 5.75 Å². The second kappa shape index (κ2) is 9.19. The van der Waals surface area contributed by atoms with Crippen molar-refractivity contribution in [1.82, 2.24) is 19.8 Å². The van der Waals surface area contributed by atoms with E-state index in [-0.39, 0.29) is 17.8 Å². The molecule has 33 heavy (non-hydrogen) atoms. The molecule has 1 aliphatic rings. The molecule has 172 valence electrons. The summed E-state index contributed by atoms with van der Waals surface area (Å²) in [5, 5.41) is 15.4. The van der Waals surface area contributed by atoms with E-state index >= 15 is 0 Å². The van der Waals surface area contributed by atoms with Gasteiger partial charge in [-0.3, -0.25) is 15.1 Å². The van der Waals surface area contributed by atoms with Crippen molar-refractivity contribution in [3.8, 4) is 11.4 Å². The van der Waals surface area contributed by atoms with Gasteiger partial charge < -0.3 is 19.5 Å². The van der Waals surface area contributed by atoms with Gasteiger partial charge in [-0.1, -0.05) is 13.0 Å². The number of nitro groups is 1. The first-order valence-corrected chi connectivity index (χ1v) is 11.3. The molecule has 9 heteroatoms. The number of pyridine rings is 1. The van der Waals surface area contributed by atoms with Crippen molar-refractivity contribution in [3.63, 3.8) is 0 Å². The highest BCUT2D eigenvalue weighted by atomic mass is 32.1. The zero-order valence-electron chi connectivity index (χ0n) is 19.1. The third-order valence-corrected chi connectivity index (χ3v) is 6.42. The van der Waals surface area contributed by atoms with Crippen molar-refractivity contribution in [2.75, 3.05) is 13.7 Å². The van der Waals surface area contributed by atoms with Gasteiger partial charge in [0.2, 0.25) is 0 Å². The van der Waals surface area contributed by atoms with Gasteiger partial charge in [-0.15, -0.1) is 0 Å². The zero-order valence-corrected chi connectivity index (χ0v) is 19.9. The molecular weight excluding hydrogens is 438 g/mol. The van der Waals surface area contributed by atoms with E-state index in [1.165, 1.54) is 19.2 Å². The van der Waals surface area contributed by atoms with Crippen molar-refractivity contribution in [1.29, 1.82) is 0 Å². The molecule has 3 heterocycles. The van der Waals surface area contributed by atoms with E-state index in [9.17, 15) is 10.1 Å². The van der Waals surface area contributed by atoms with E-state index in [1.807, 2.05) is 25.1 Å². The minimum Gasteiger partial charge on any atom is -0.494 e. The van der Waals surface area contributed by atoms with Crippen LogP contribution in [0.1, 0.15) is 48.1 Å². The Bertz CT molecular complexity index is 1190. The minimum atomic E-state index is -0.418. The minimum absolute atomic E-state index is 0.00651. The Labute approximate surface area is 198 Å². The Balaban J connectivity index is 1.85. The predicted octanol–water partition coefficient (Wildman–Crippen LogP) is 4.79. The van der Waals surface area contributed by atoms with E-state index in [0.29, 0.717) is 5.75 Å². The molecule has 3 aromatic rings. The van der Waals surface area contributed by atoms with Crippen molar-refractivity contribution < 1.29 is 9.66 Å². The average Bonchev–Trinajstić information content (AvgIpc) is 3.29. The zero-order chi connectivity index (χ0) is 23.7. The molecule has 0 aliphatic carbocycles. The molecule has 0 bridgehead atoms. The number of hydrogen-bond donors (Lipinski definition) is 1. The number of hydrogen-bond acceptors (Lipinski definition) is 5. The van der Waals surface area contributed by atoms with Gasteiger partial charge in [0.1, 0.15) is 5.75 Å². The number of nitrogens with one attached hydrogen (secondary N) is 1. The lowest BCUT2D eigenvalue weighted by Crippen LogP contribution is -2.30. The molecule has 0 saturated carbocycles. The number of methoxy groups -OCH3 is 1. The molecule has 1 aromatic carbocycles. The Morgan fingerprint density at radius 3 is 2.67 bits per heavy atom. The molecular formula is C24H27N5O3S. The van der Waals surface area contributed by atoms with Gasteiger partial charge >= 0.3 is 0 Å². The fourth-order valence-corrected chi connectivity index (χ4v) is 4.98. The van der Waals surface area contributed by atoms with Gasteiger partial charge in [-0.25, -0.2) is 0 Å². The summed E-state index contributed by atoms with van der Waals surface area (Å²) in [6.07, 6.45) is 2.76. The van der Waals surface area contributed by atoms with E-state index in [4.69, 9.17) is 17.0 Å². The Hall–Kier alpha value is -3.46. The summed E-state index contributed by atoms with van der Waals surface area (Å²) in [5.74, 6) is 0.448. The highest BCUT2D eigenvalue weighted by molar-refractivity contribution is 7.80. The van der Waals surface area contributed by atoms with E-state index in [2.05, 4.69) is 39.7 Å². The SMILES string of the molecule is CCCN1C(=S)N[C@H](c2ccccn2)[C@H]1c1cc(C)n(-c2ccc([N+](=O)[O-])cc2OC)c1C. The van der Waals surface area contributed by atoms with Crippen LogP contribution in [0.2, 0.25) is 0 Å². The Kier molecular flexibility index (Phi) is 6.33. The number of aryl methyl sites for hydroxylation is 1. The highest BCUT2D eigenvalue weighted by Crippen LogP contribution is 2.42. The van der Waals surface area contributed by atoms with Crippen LogP contribution in [-0.2, 0) is 0 Å². The summed E-state index contributed by atoms with van der Waals surface area (Å²) in [6, 6.07) is 12.6. The molecule has 0 unspecified atom stereocenters. The molecule has 1 fully saturated rings. The standard InChI is InChI=1S/C24H27N5O3S/c1-5-12-27-23(22(26-24(27)33)19-8-6-7-11-25-19)18-13-15(2)28(16(18)3)20-10-9-17(29(30)31)14-21(20)32-4/h6-11,13-14,22-23H,5,12H2,1-4H3,(H,26,33)/t22-,23-/m1/s1. The summed E-state index contributed by atoms with van der Waals surface area (Å²) < 4.78 is 7.61. The molecule has 4 rings (SSSR count). The van der Waals surface area contributed by atoms with Gasteiger partial charge in [-0.2, -0.15) is 0 Å². The first-order chi connectivity index (χ1) is 15.9. The molecule has 1 aliphatic heterocycles. The third kappa shape index (κ3) is 4.04. The fourth-order valence-electron chi connectivity index (χ4n) is 4.65. The van der Waals surface area contributed by atoms with Crippen LogP contribution in [-0.4, -0.2) is 38.1 Å². The van der Waals surface area contributed by atoms with Crippen LogP contribution in [0.4, 0.5) is 5.69 Å². The first kappa shape index (κ1) is 22.7. The average molecular weight is 466 g/mol. The van der Waals surface area contributed by atoms with Gasteiger partial charge in [0.15, 0.2) is 5.11 Å². The van der Waals surface area contributed by atoms with Crippen LogP contribution in [0.15, 0.2) is 48.7 Å². The summed E-state index contributed by atoms with van der Waals surface area (Å²) in [5.41, 5.74) is 4.84. The molecule has 2 atom stereocenters. The summed E-state index contributed by atoms with van der Waals surface area (Å²) in [7, 11) is 1.52. The van der Waals surface area contributed by atoms with Crippen LogP contribution in [0.25, 0.3) is 5.69 Å². The molecule has 0 amide bonds. The number of nitrogens with zero attached hydrogens (tertiary/aromatic N) is 4. The predicted molar refractivity (Wildman–Crippen MR) is 131 cm³/mol. The maximum atomic E-state index is 11.2. The van der Waals surface area contributed by atoms with Crippen LogP contribution in [0.3, 0.4) is 0 Å². The van der Waals surface area contributed by atoms with Crippen LogP contribution in [0, 0.1) is 24.0 Å². The number of aromatic nitrogens is 2. The Morgan fingerprint density at radius 1 is 1.24 bits per heavy atom. The monoisotopic (exact) mass is 465 g/mol. The molecule has 0 radical (unpaired) electrons. The number of ether oxygens (including phenoxy) is 1. The van der Waals surface area contributed by atoms with Crippen LogP contribution >= 0.6 is 12.2 Å². The number of rotatable bonds is 7. The second-order valence-electron chi connectivity index (χ2n) is 8.10. The van der Waals surface area contributed by atoms with Crippen molar-refractivity contribution in [3.05, 3.63) is 81.4 Å². The molecule has 8 nitrogen and oxygen atoms in total. The summed E-state index contributed by atoms with van der Waals surface area (Å²) in [4.78, 5) is 17.6. The van der Waals surface area contributed by atoms with Crippen molar-refractivity contribution in [2.24, 2.45) is 0 Å². The number of thiocarbonyl (C=S) groups is 1. The Morgan fingerprint density at radius 2 is 2.03 bits per heavy atom. The van der Waals surface area contributed by atoms with Crippen molar-refractivity contribution in [2.45, 2.75) is 39.3 Å². The van der Waals surface area contributed by atoms with Crippen molar-refractivity contribution >= 4 is 23.0 Å². The third-order valence-electron chi connectivity index (χ3n) is 6.07. The number of non-ortho nitro benzene ring substituents is 1. The van der Waals surface area contributed by atoms with Gasteiger partial charge in [0.05, 0.1) is 41.6 Å². The molecule has 0 spiro atoms. The van der Waals surface area contributed by atoms with E-state index in [1.54, 1.807) is 12.3 Å². The van der Waals surface area contributed by atoms with E-state index < -0.39 is 4.92 Å². The summed E-state index contributed by atoms with van der Waals surface area (Å²) in [6.45, 7) is 7.05. The second-order valence-corrected chi connectivity index (χ2v) is 8.48. The molecule has 1 saturated heterocycles. The quantitative estimate of drug-likeness (QED) is 0.305. The van der Waals surface area contributed by atoms with Gasteiger partial charge in [0.25, 0.3) is 5.69 Å². The van der Waals surface area contributed by atoms with E-state index in [0.717, 1.165) is 46.4 Å². The topological polar surface area (TPSA) is 85.5 Å². The first-order valence-electron chi connectivity index (χ1n) is 10.9.